The van der Waals surface area contributed by atoms with Gasteiger partial charge in [0.05, 0.1) is 5.57 Å². The number of hydrogen-bond acceptors (Lipinski definition) is 3. The molecule has 0 N–H and O–H groups in total. The van der Waals surface area contributed by atoms with Gasteiger partial charge in [-0.15, -0.1) is 6.58 Å². The summed E-state index contributed by atoms with van der Waals surface area (Å²) in [5.74, 6) is -0.379. The number of nitrogens with zero attached hydrogens (tertiary/aromatic N) is 1. The van der Waals surface area contributed by atoms with Crippen molar-refractivity contribution in [2.45, 2.75) is 6.92 Å². The van der Waals surface area contributed by atoms with Gasteiger partial charge in [0.2, 0.25) is 0 Å². The van der Waals surface area contributed by atoms with E-state index < -0.39 is 5.97 Å². The lowest BCUT2D eigenvalue weighted by molar-refractivity contribution is -0.134. The number of hydrogen-bond donors (Lipinski definition) is 0. The average Bonchev–Trinajstić information content (AvgIpc) is 2.72. The number of esters is 1. The van der Waals surface area contributed by atoms with E-state index >= 15 is 0 Å². The van der Waals surface area contributed by atoms with E-state index in [0.717, 1.165) is 0 Å². The van der Waals surface area contributed by atoms with Crippen LogP contribution in [-0.4, -0.2) is 30.4 Å². The molecule has 0 aliphatic carbocycles. The molecule has 104 valence electrons. The number of benzene rings is 1. The smallest absolute Gasteiger partial charge is 0.308 e. The maximum absolute atomic E-state index is 12.3. The van der Waals surface area contributed by atoms with Crippen molar-refractivity contribution in [3.8, 4) is 0 Å². The zero-order valence-corrected chi connectivity index (χ0v) is 11.6. The fourth-order valence-corrected chi connectivity index (χ4v) is 2.29. The topological polar surface area (TPSA) is 46.6 Å². The summed E-state index contributed by atoms with van der Waals surface area (Å²) < 4.78 is 5.32. The summed E-state index contributed by atoms with van der Waals surface area (Å²) in [6.45, 7) is 5.64. The molecule has 0 spiro atoms. The largest absolute Gasteiger partial charge is 0.426 e. The van der Waals surface area contributed by atoms with Crippen LogP contribution in [0.2, 0.25) is 0 Å². The van der Waals surface area contributed by atoms with E-state index in [0.29, 0.717) is 23.4 Å². The van der Waals surface area contributed by atoms with Gasteiger partial charge in [-0.1, -0.05) is 36.4 Å². The summed E-state index contributed by atoms with van der Waals surface area (Å²) in [6.07, 6.45) is 1.71. The fourth-order valence-electron chi connectivity index (χ4n) is 2.29. The highest BCUT2D eigenvalue weighted by Crippen LogP contribution is 2.32. The Bertz CT molecular complexity index is 575. The summed E-state index contributed by atoms with van der Waals surface area (Å²) in [5.41, 5.74) is 1.21. The second kappa shape index (κ2) is 5.74. The Hall–Kier alpha value is -2.36. The summed E-state index contributed by atoms with van der Waals surface area (Å²) in [5, 5.41) is 0. The molecule has 1 aliphatic rings. The first kappa shape index (κ1) is 14.1. The highest BCUT2D eigenvalue weighted by atomic mass is 16.5. The number of likely N-dealkylation sites (N-methyl/N-ethyl adjacent to an activating group) is 1. The van der Waals surface area contributed by atoms with Crippen molar-refractivity contribution in [3.05, 3.63) is 54.1 Å². The minimum absolute atomic E-state index is 0.130. The molecule has 1 unspecified atom stereocenters. The van der Waals surface area contributed by atoms with Crippen molar-refractivity contribution in [1.29, 1.82) is 0 Å². The van der Waals surface area contributed by atoms with E-state index in [4.69, 9.17) is 4.74 Å². The van der Waals surface area contributed by atoms with Gasteiger partial charge in [-0.25, -0.2) is 0 Å². The van der Waals surface area contributed by atoms with Crippen molar-refractivity contribution < 1.29 is 14.3 Å². The van der Waals surface area contributed by atoms with Crippen LogP contribution < -0.4 is 0 Å². The van der Waals surface area contributed by atoms with Crippen LogP contribution >= 0.6 is 0 Å². The Kier molecular flexibility index (Phi) is 4.03. The second-order valence-electron chi connectivity index (χ2n) is 4.73. The summed E-state index contributed by atoms with van der Waals surface area (Å²) in [7, 11) is 1.72. The van der Waals surface area contributed by atoms with E-state index in [9.17, 15) is 9.59 Å². The molecule has 1 amide bonds. The summed E-state index contributed by atoms with van der Waals surface area (Å²) in [6, 6.07) is 9.18. The third-order valence-electron chi connectivity index (χ3n) is 3.23. The van der Waals surface area contributed by atoms with Gasteiger partial charge in [0.1, 0.15) is 5.76 Å². The molecule has 20 heavy (non-hydrogen) atoms. The second-order valence-corrected chi connectivity index (χ2v) is 4.73. The first-order valence-corrected chi connectivity index (χ1v) is 6.40. The number of likely N-dealkylation sites (tertiary alicyclic amines) is 1. The van der Waals surface area contributed by atoms with Crippen LogP contribution in [0.15, 0.2) is 48.6 Å². The van der Waals surface area contributed by atoms with Crippen molar-refractivity contribution in [2.75, 3.05) is 13.6 Å². The molecule has 0 aromatic heterocycles. The minimum atomic E-state index is -0.443. The van der Waals surface area contributed by atoms with Crippen molar-refractivity contribution in [1.82, 2.24) is 4.90 Å². The van der Waals surface area contributed by atoms with Gasteiger partial charge in [0.25, 0.3) is 5.91 Å². The molecular formula is C16H17NO3. The van der Waals surface area contributed by atoms with E-state index in [-0.39, 0.29) is 11.8 Å². The predicted octanol–water partition coefficient (Wildman–Crippen LogP) is 2.24. The molecule has 0 saturated carbocycles. The van der Waals surface area contributed by atoms with Crippen molar-refractivity contribution in [2.24, 2.45) is 5.92 Å². The highest BCUT2D eigenvalue weighted by Gasteiger charge is 2.35. The Morgan fingerprint density at radius 3 is 2.60 bits per heavy atom. The molecule has 0 bridgehead atoms. The van der Waals surface area contributed by atoms with Gasteiger partial charge in [0.15, 0.2) is 0 Å². The van der Waals surface area contributed by atoms with Crippen LogP contribution in [0.4, 0.5) is 0 Å². The molecule has 1 heterocycles. The van der Waals surface area contributed by atoms with Gasteiger partial charge in [-0.2, -0.15) is 0 Å². The number of rotatable bonds is 3. The Balaban J connectivity index is 2.59. The lowest BCUT2D eigenvalue weighted by Crippen LogP contribution is -2.20. The van der Waals surface area contributed by atoms with E-state index in [1.165, 1.54) is 6.92 Å². The third kappa shape index (κ3) is 2.64. The number of carbonyl (C=O) groups is 2. The molecular weight excluding hydrogens is 254 g/mol. The van der Waals surface area contributed by atoms with Gasteiger partial charge in [0, 0.05) is 32.0 Å². The molecule has 4 nitrogen and oxygen atoms in total. The van der Waals surface area contributed by atoms with Crippen molar-refractivity contribution in [3.63, 3.8) is 0 Å². The number of carbonyl (C=O) groups excluding carboxylic acids is 2. The van der Waals surface area contributed by atoms with Crippen molar-refractivity contribution >= 4 is 17.6 Å². The van der Waals surface area contributed by atoms with E-state index in [1.807, 2.05) is 30.3 Å². The highest BCUT2D eigenvalue weighted by molar-refractivity contribution is 6.03. The zero-order chi connectivity index (χ0) is 14.7. The molecule has 1 aromatic rings. The molecule has 1 atom stereocenters. The van der Waals surface area contributed by atoms with Crippen LogP contribution in [-0.2, 0) is 14.3 Å². The SMILES string of the molecule is C=CC1CN(C)C(=O)/C1=C(\OC(C)=O)c1ccccc1. The monoisotopic (exact) mass is 271 g/mol. The van der Waals surface area contributed by atoms with Crippen LogP contribution in [0, 0.1) is 5.92 Å². The normalized spacial score (nSPS) is 20.8. The minimum Gasteiger partial charge on any atom is -0.426 e. The summed E-state index contributed by atoms with van der Waals surface area (Å²) >= 11 is 0. The Labute approximate surface area is 118 Å². The van der Waals surface area contributed by atoms with Gasteiger partial charge < -0.3 is 9.64 Å². The fraction of sp³-hybridized carbons (Fsp3) is 0.250. The Morgan fingerprint density at radius 2 is 2.05 bits per heavy atom. The average molecular weight is 271 g/mol. The van der Waals surface area contributed by atoms with E-state index in [1.54, 1.807) is 18.0 Å². The predicted molar refractivity (Wildman–Crippen MR) is 76.5 cm³/mol. The third-order valence-corrected chi connectivity index (χ3v) is 3.23. The number of ether oxygens (including phenoxy) is 1. The Morgan fingerprint density at radius 1 is 1.40 bits per heavy atom. The molecule has 1 aromatic carbocycles. The number of amides is 1. The summed E-state index contributed by atoms with van der Waals surface area (Å²) in [4.78, 5) is 25.3. The van der Waals surface area contributed by atoms with Crippen LogP contribution in [0.25, 0.3) is 5.76 Å². The van der Waals surface area contributed by atoms with Gasteiger partial charge in [-0.05, 0) is 0 Å². The van der Waals surface area contributed by atoms with Crippen LogP contribution in [0.1, 0.15) is 12.5 Å². The quantitative estimate of drug-likeness (QED) is 0.366. The maximum Gasteiger partial charge on any atom is 0.308 e. The molecule has 0 radical (unpaired) electrons. The molecule has 4 heteroatoms. The standard InChI is InChI=1S/C16H17NO3/c1-4-12-10-17(3)16(19)14(12)15(20-11(2)18)13-8-6-5-7-9-13/h4-9,12H,1,10H2,2-3H3/b15-14-. The first-order valence-electron chi connectivity index (χ1n) is 6.40. The van der Waals surface area contributed by atoms with Crippen LogP contribution in [0.3, 0.4) is 0 Å². The lowest BCUT2D eigenvalue weighted by Gasteiger charge is -2.12. The van der Waals surface area contributed by atoms with E-state index in [2.05, 4.69) is 6.58 Å². The zero-order valence-electron chi connectivity index (χ0n) is 11.6. The lowest BCUT2D eigenvalue weighted by atomic mass is 9.98. The molecule has 1 saturated heterocycles. The molecule has 2 rings (SSSR count). The van der Waals surface area contributed by atoms with Gasteiger partial charge >= 0.3 is 5.97 Å². The first-order chi connectivity index (χ1) is 9.54. The molecule has 1 fully saturated rings. The van der Waals surface area contributed by atoms with Gasteiger partial charge in [-0.3, -0.25) is 9.59 Å². The molecule has 1 aliphatic heterocycles. The maximum atomic E-state index is 12.3. The van der Waals surface area contributed by atoms with Crippen LogP contribution in [0.5, 0.6) is 0 Å².